The smallest absolute Gasteiger partial charge is 0.324 e. The molecule has 8 nitrogen and oxygen atoms in total. The molecule has 0 unspecified atom stereocenters. The zero-order valence-electron chi connectivity index (χ0n) is 19.2. The first kappa shape index (κ1) is 23.5. The number of hydrogen-bond donors (Lipinski definition) is 1. The molecule has 3 aromatic rings. The van der Waals surface area contributed by atoms with Gasteiger partial charge in [-0.1, -0.05) is 36.4 Å². The predicted octanol–water partition coefficient (Wildman–Crippen LogP) is 4.28. The van der Waals surface area contributed by atoms with Gasteiger partial charge in [0.05, 0.1) is 36.5 Å². The molecule has 0 aliphatic carbocycles. The minimum atomic E-state index is -0.376. The van der Waals surface area contributed by atoms with Crippen LogP contribution in [0.25, 0.3) is 11.1 Å². The van der Waals surface area contributed by atoms with Crippen molar-refractivity contribution in [1.82, 2.24) is 4.90 Å². The van der Waals surface area contributed by atoms with Gasteiger partial charge in [0.15, 0.2) is 0 Å². The predicted molar refractivity (Wildman–Crippen MR) is 132 cm³/mol. The number of carbonyl (C=O) groups is 3. The molecule has 0 saturated carbocycles. The maximum absolute atomic E-state index is 13.1. The molecule has 4 rings (SSSR count). The zero-order valence-corrected chi connectivity index (χ0v) is 19.2. The molecule has 1 aliphatic rings. The molecule has 0 bridgehead atoms. The summed E-state index contributed by atoms with van der Waals surface area (Å²) in [5, 5.41) is 12.0. The van der Waals surface area contributed by atoms with E-state index in [0.29, 0.717) is 35.6 Å². The first-order chi connectivity index (χ1) is 17.0. The number of methoxy groups -OCH3 is 1. The molecule has 0 aromatic heterocycles. The number of ether oxygens (including phenoxy) is 1. The molecule has 0 atom stereocenters. The van der Waals surface area contributed by atoms with Crippen LogP contribution in [0.4, 0.5) is 16.2 Å². The van der Waals surface area contributed by atoms with Crippen molar-refractivity contribution in [3.05, 3.63) is 83.9 Å². The number of nitrogens with zero attached hydrogens (tertiary/aromatic N) is 3. The van der Waals surface area contributed by atoms with Crippen LogP contribution in [0.1, 0.15) is 22.3 Å². The lowest BCUT2D eigenvalue weighted by Crippen LogP contribution is -2.33. The van der Waals surface area contributed by atoms with Crippen molar-refractivity contribution in [1.29, 1.82) is 5.26 Å². The van der Waals surface area contributed by atoms with Crippen LogP contribution in [0, 0.1) is 11.3 Å². The first-order valence-corrected chi connectivity index (χ1v) is 11.1. The summed E-state index contributed by atoms with van der Waals surface area (Å²) in [5.74, 6) is -0.670. The van der Waals surface area contributed by atoms with Crippen LogP contribution in [0.3, 0.4) is 0 Å². The van der Waals surface area contributed by atoms with Crippen molar-refractivity contribution < 1.29 is 19.1 Å². The van der Waals surface area contributed by atoms with Crippen LogP contribution in [0.15, 0.2) is 72.8 Å². The maximum Gasteiger partial charge on any atom is 0.324 e. The topological polar surface area (TPSA) is 103 Å². The Morgan fingerprint density at radius 1 is 1.00 bits per heavy atom. The lowest BCUT2D eigenvalue weighted by Gasteiger charge is -2.22. The largest absolute Gasteiger partial charge is 0.469 e. The molecular weight excluding hydrogens is 444 g/mol. The van der Waals surface area contributed by atoms with Gasteiger partial charge in [0.25, 0.3) is 5.91 Å². The second-order valence-corrected chi connectivity index (χ2v) is 7.99. The third-order valence-electron chi connectivity index (χ3n) is 5.83. The number of nitrogens with one attached hydrogen (secondary N) is 1. The highest BCUT2D eigenvalue weighted by molar-refractivity contribution is 6.08. The molecule has 35 heavy (non-hydrogen) atoms. The average Bonchev–Trinajstić information content (AvgIpc) is 3.27. The van der Waals surface area contributed by atoms with Crippen LogP contribution >= 0.6 is 0 Å². The molecule has 1 saturated heterocycles. The standard InChI is InChI=1S/C27H24N4O4/c1-35-25(32)13-14-30-15-16-31(27(30)34)24-12-11-22(20-9-7-19(18-28)8-10-20)17-23(24)29-26(33)21-5-3-2-4-6-21/h2-12,17H,13-16H2,1H3,(H,29,33). The number of amides is 3. The Labute approximate surface area is 203 Å². The van der Waals surface area contributed by atoms with E-state index in [1.165, 1.54) is 7.11 Å². The third-order valence-corrected chi connectivity index (χ3v) is 5.83. The summed E-state index contributed by atoms with van der Waals surface area (Å²) < 4.78 is 4.68. The van der Waals surface area contributed by atoms with Crippen LogP contribution in [-0.4, -0.2) is 49.6 Å². The van der Waals surface area contributed by atoms with Gasteiger partial charge >= 0.3 is 12.0 Å². The van der Waals surface area contributed by atoms with E-state index in [0.717, 1.165) is 11.1 Å². The van der Waals surface area contributed by atoms with Crippen molar-refractivity contribution >= 4 is 29.3 Å². The van der Waals surface area contributed by atoms with E-state index in [2.05, 4.69) is 16.1 Å². The summed E-state index contributed by atoms with van der Waals surface area (Å²) in [4.78, 5) is 40.8. The van der Waals surface area contributed by atoms with Gasteiger partial charge in [-0.15, -0.1) is 0 Å². The van der Waals surface area contributed by atoms with Crippen molar-refractivity contribution in [2.24, 2.45) is 0 Å². The monoisotopic (exact) mass is 468 g/mol. The molecule has 0 spiro atoms. The van der Waals surface area contributed by atoms with Gasteiger partial charge in [0, 0.05) is 25.2 Å². The summed E-state index contributed by atoms with van der Waals surface area (Å²) in [6, 6.07) is 23.3. The van der Waals surface area contributed by atoms with Crippen molar-refractivity contribution in [2.45, 2.75) is 6.42 Å². The van der Waals surface area contributed by atoms with E-state index >= 15 is 0 Å². The molecule has 1 N–H and O–H groups in total. The van der Waals surface area contributed by atoms with Gasteiger partial charge in [-0.2, -0.15) is 5.26 Å². The molecule has 8 heteroatoms. The summed E-state index contributed by atoms with van der Waals surface area (Å²) >= 11 is 0. The van der Waals surface area contributed by atoms with E-state index in [1.807, 2.05) is 30.3 Å². The normalized spacial score (nSPS) is 12.9. The zero-order chi connectivity index (χ0) is 24.8. The number of esters is 1. The van der Waals surface area contributed by atoms with Gasteiger partial charge in [0.1, 0.15) is 0 Å². The lowest BCUT2D eigenvalue weighted by molar-refractivity contribution is -0.140. The molecular formula is C27H24N4O4. The fraction of sp³-hybridized carbons (Fsp3) is 0.185. The van der Waals surface area contributed by atoms with Crippen LogP contribution in [0.2, 0.25) is 0 Å². The molecule has 1 aliphatic heterocycles. The Kier molecular flexibility index (Phi) is 7.07. The van der Waals surface area contributed by atoms with Crippen molar-refractivity contribution in [2.75, 3.05) is 37.0 Å². The Morgan fingerprint density at radius 2 is 1.71 bits per heavy atom. The Bertz CT molecular complexity index is 1280. The van der Waals surface area contributed by atoms with E-state index in [9.17, 15) is 14.4 Å². The number of nitriles is 1. The van der Waals surface area contributed by atoms with E-state index < -0.39 is 0 Å². The maximum atomic E-state index is 13.1. The minimum Gasteiger partial charge on any atom is -0.469 e. The van der Waals surface area contributed by atoms with E-state index in [1.54, 1.807) is 52.3 Å². The second-order valence-electron chi connectivity index (χ2n) is 7.99. The van der Waals surface area contributed by atoms with Gasteiger partial charge in [-0.05, 0) is 47.5 Å². The molecule has 1 fully saturated rings. The fourth-order valence-corrected chi connectivity index (χ4v) is 3.91. The van der Waals surface area contributed by atoms with Crippen molar-refractivity contribution in [3.8, 4) is 17.2 Å². The number of anilines is 2. The van der Waals surface area contributed by atoms with Gasteiger partial charge in [-0.25, -0.2) is 4.79 Å². The van der Waals surface area contributed by atoms with Crippen LogP contribution < -0.4 is 10.2 Å². The number of urea groups is 1. The summed E-state index contributed by atoms with van der Waals surface area (Å²) in [6.07, 6.45) is 0.116. The molecule has 176 valence electrons. The number of carbonyl (C=O) groups excluding carboxylic acids is 3. The van der Waals surface area contributed by atoms with Gasteiger partial charge < -0.3 is 15.0 Å². The number of rotatable bonds is 7. The lowest BCUT2D eigenvalue weighted by atomic mass is 10.0. The quantitative estimate of drug-likeness (QED) is 0.522. The Morgan fingerprint density at radius 3 is 2.40 bits per heavy atom. The summed E-state index contributed by atoms with van der Waals surface area (Å²) in [5.41, 5.74) is 3.81. The van der Waals surface area contributed by atoms with Crippen molar-refractivity contribution in [3.63, 3.8) is 0 Å². The highest BCUT2D eigenvalue weighted by atomic mass is 16.5. The van der Waals surface area contributed by atoms with Crippen LogP contribution in [0.5, 0.6) is 0 Å². The number of benzene rings is 3. The highest BCUT2D eigenvalue weighted by Gasteiger charge is 2.31. The highest BCUT2D eigenvalue weighted by Crippen LogP contribution is 2.34. The summed E-state index contributed by atoms with van der Waals surface area (Å²) in [6.45, 7) is 1.14. The second kappa shape index (κ2) is 10.5. The fourth-order valence-electron chi connectivity index (χ4n) is 3.91. The van der Waals surface area contributed by atoms with Crippen LogP contribution in [-0.2, 0) is 9.53 Å². The first-order valence-electron chi connectivity index (χ1n) is 11.1. The molecule has 3 amide bonds. The average molecular weight is 469 g/mol. The molecule has 3 aromatic carbocycles. The van der Waals surface area contributed by atoms with Gasteiger partial charge in [-0.3, -0.25) is 14.5 Å². The Balaban J connectivity index is 1.65. The van der Waals surface area contributed by atoms with E-state index in [-0.39, 0.29) is 30.9 Å². The number of hydrogen-bond acceptors (Lipinski definition) is 5. The SMILES string of the molecule is COC(=O)CCN1CCN(c2ccc(-c3ccc(C#N)cc3)cc2NC(=O)c2ccccc2)C1=O. The minimum absolute atomic E-state index is 0.116. The third kappa shape index (κ3) is 5.31. The molecule has 0 radical (unpaired) electrons. The van der Waals surface area contributed by atoms with Gasteiger partial charge in [0.2, 0.25) is 0 Å². The summed E-state index contributed by atoms with van der Waals surface area (Å²) in [7, 11) is 1.32. The molecule has 1 heterocycles. The van der Waals surface area contributed by atoms with E-state index in [4.69, 9.17) is 5.26 Å². The Hall–Kier alpha value is -4.64.